The van der Waals surface area contributed by atoms with Gasteiger partial charge in [-0.3, -0.25) is 0 Å². The maximum atomic E-state index is 10.8. The van der Waals surface area contributed by atoms with E-state index >= 15 is 0 Å². The Kier molecular flexibility index (Phi) is 4.62. The summed E-state index contributed by atoms with van der Waals surface area (Å²) in [6.45, 7) is 1.55. The van der Waals surface area contributed by atoms with Crippen LogP contribution in [-0.2, 0) is 4.74 Å². The largest absolute Gasteiger partial charge is 0.387 e. The highest BCUT2D eigenvalue weighted by Gasteiger charge is 2.56. The Morgan fingerprint density at radius 1 is 1.15 bits per heavy atom. The van der Waals surface area contributed by atoms with Crippen LogP contribution >= 0.6 is 23.2 Å². The van der Waals surface area contributed by atoms with Crippen molar-refractivity contribution in [3.63, 3.8) is 0 Å². The van der Waals surface area contributed by atoms with Crippen LogP contribution in [0.15, 0.2) is 42.9 Å². The predicted octanol–water partition coefficient (Wildman–Crippen LogP) is 2.48. The number of fused-ring (bicyclic) bond motifs is 1. The quantitative estimate of drug-likeness (QED) is 0.574. The van der Waals surface area contributed by atoms with E-state index in [1.165, 1.54) is 6.33 Å². The number of halogens is 2. The summed E-state index contributed by atoms with van der Waals surface area (Å²) in [7, 11) is 0. The Labute approximate surface area is 164 Å². The molecule has 4 rings (SSSR count). The summed E-state index contributed by atoms with van der Waals surface area (Å²) in [4.78, 5) is 8.11. The number of rotatable bonds is 3. The van der Waals surface area contributed by atoms with Crippen LogP contribution in [-0.4, -0.2) is 47.7 Å². The van der Waals surface area contributed by atoms with Crippen LogP contribution < -0.4 is 0 Å². The molecule has 2 aromatic heterocycles. The van der Waals surface area contributed by atoms with E-state index in [1.807, 2.05) is 0 Å². The summed E-state index contributed by atoms with van der Waals surface area (Å²) in [5, 5.41) is 33.5. The zero-order chi connectivity index (χ0) is 19.3. The molecule has 7 nitrogen and oxygen atoms in total. The summed E-state index contributed by atoms with van der Waals surface area (Å²) in [6, 6.07) is 8.26. The van der Waals surface area contributed by atoms with Crippen LogP contribution in [0.1, 0.15) is 24.8 Å². The zero-order valence-corrected chi connectivity index (χ0v) is 15.7. The van der Waals surface area contributed by atoms with E-state index in [1.54, 1.807) is 48.0 Å². The van der Waals surface area contributed by atoms with Gasteiger partial charge in [0, 0.05) is 11.2 Å². The van der Waals surface area contributed by atoms with E-state index in [-0.39, 0.29) is 5.15 Å². The van der Waals surface area contributed by atoms with Crippen LogP contribution in [0.25, 0.3) is 11.0 Å². The fourth-order valence-corrected chi connectivity index (χ4v) is 3.78. The lowest BCUT2D eigenvalue weighted by Crippen LogP contribution is -2.45. The van der Waals surface area contributed by atoms with Gasteiger partial charge in [0.25, 0.3) is 0 Å². The molecule has 5 atom stereocenters. The van der Waals surface area contributed by atoms with E-state index < -0.39 is 30.1 Å². The summed E-state index contributed by atoms with van der Waals surface area (Å²) in [6.07, 6.45) is -1.84. The Morgan fingerprint density at radius 3 is 2.56 bits per heavy atom. The number of aliphatic hydroxyl groups excluding tert-OH is 3. The van der Waals surface area contributed by atoms with Crippen molar-refractivity contribution in [2.75, 3.05) is 0 Å². The highest BCUT2D eigenvalue weighted by molar-refractivity contribution is 6.33. The fraction of sp³-hybridized carbons (Fsp3) is 0.333. The third-order valence-electron chi connectivity index (χ3n) is 5.04. The van der Waals surface area contributed by atoms with Crippen molar-refractivity contribution in [3.8, 4) is 0 Å². The van der Waals surface area contributed by atoms with Gasteiger partial charge in [-0.05, 0) is 30.7 Å². The van der Waals surface area contributed by atoms with E-state index in [2.05, 4.69) is 9.97 Å². The molecular weight excluding hydrogens is 393 g/mol. The molecule has 9 heteroatoms. The molecule has 0 saturated carbocycles. The average Bonchev–Trinajstić information content (AvgIpc) is 3.18. The van der Waals surface area contributed by atoms with Crippen molar-refractivity contribution in [3.05, 3.63) is 58.6 Å². The van der Waals surface area contributed by atoms with Gasteiger partial charge < -0.3 is 24.6 Å². The van der Waals surface area contributed by atoms with Gasteiger partial charge >= 0.3 is 0 Å². The molecule has 1 aromatic carbocycles. The molecule has 0 radical (unpaired) electrons. The Hall–Kier alpha value is -1.74. The molecule has 1 aliphatic heterocycles. The van der Waals surface area contributed by atoms with Crippen LogP contribution in [0.3, 0.4) is 0 Å². The van der Waals surface area contributed by atoms with Crippen molar-refractivity contribution in [1.29, 1.82) is 0 Å². The summed E-state index contributed by atoms with van der Waals surface area (Å²) in [5.41, 5.74) is -0.487. The Bertz CT molecular complexity index is 980. The molecule has 1 fully saturated rings. The summed E-state index contributed by atoms with van der Waals surface area (Å²) < 4.78 is 7.55. The minimum Gasteiger partial charge on any atom is -0.387 e. The minimum atomic E-state index is -1.45. The van der Waals surface area contributed by atoms with Crippen molar-refractivity contribution < 1.29 is 20.1 Å². The summed E-state index contributed by atoms with van der Waals surface area (Å²) >= 11 is 12.0. The van der Waals surface area contributed by atoms with E-state index in [9.17, 15) is 15.3 Å². The molecule has 0 bridgehead atoms. The van der Waals surface area contributed by atoms with Crippen LogP contribution in [0.5, 0.6) is 0 Å². The summed E-state index contributed by atoms with van der Waals surface area (Å²) in [5.74, 6) is 0. The monoisotopic (exact) mass is 409 g/mol. The van der Waals surface area contributed by atoms with Gasteiger partial charge in [-0.1, -0.05) is 35.3 Å². The normalized spacial score (nSPS) is 29.3. The molecule has 0 aliphatic carbocycles. The SMILES string of the molecule is C[C@]1([C@H](O)c2ccc(Cl)cc2)O[C@@H](n2ccc3c(Cl)ncnc32)[C@H](O)[C@@H]1O. The minimum absolute atomic E-state index is 0.274. The van der Waals surface area contributed by atoms with Gasteiger partial charge in [0.1, 0.15) is 41.0 Å². The second kappa shape index (κ2) is 6.70. The zero-order valence-electron chi connectivity index (χ0n) is 14.2. The molecule has 142 valence electrons. The first-order chi connectivity index (χ1) is 12.8. The Balaban J connectivity index is 1.71. The number of aliphatic hydroxyl groups is 3. The number of nitrogens with zero attached hydrogens (tertiary/aromatic N) is 3. The molecule has 3 N–H and O–H groups in total. The second-order valence-electron chi connectivity index (χ2n) is 6.71. The molecular formula is C18H17Cl2N3O4. The molecule has 3 aromatic rings. The predicted molar refractivity (Wildman–Crippen MR) is 99.5 cm³/mol. The molecule has 0 unspecified atom stereocenters. The fourth-order valence-electron chi connectivity index (χ4n) is 3.46. The molecule has 0 amide bonds. The number of hydrogen-bond donors (Lipinski definition) is 3. The first-order valence-electron chi connectivity index (χ1n) is 8.27. The topological polar surface area (TPSA) is 101 Å². The highest BCUT2D eigenvalue weighted by atomic mass is 35.5. The van der Waals surface area contributed by atoms with Crippen molar-refractivity contribution >= 4 is 34.2 Å². The number of ether oxygens (including phenoxy) is 1. The van der Waals surface area contributed by atoms with Crippen LogP contribution in [0.2, 0.25) is 10.2 Å². The average molecular weight is 410 g/mol. The third-order valence-corrected chi connectivity index (χ3v) is 5.59. The van der Waals surface area contributed by atoms with Crippen molar-refractivity contribution in [2.24, 2.45) is 0 Å². The molecule has 1 saturated heterocycles. The first-order valence-corrected chi connectivity index (χ1v) is 9.03. The first kappa shape index (κ1) is 18.6. The van der Waals surface area contributed by atoms with E-state index in [4.69, 9.17) is 27.9 Å². The van der Waals surface area contributed by atoms with Gasteiger partial charge in [-0.25, -0.2) is 9.97 Å². The van der Waals surface area contributed by atoms with Gasteiger partial charge in [-0.2, -0.15) is 0 Å². The van der Waals surface area contributed by atoms with Gasteiger partial charge in [0.05, 0.1) is 5.39 Å². The van der Waals surface area contributed by atoms with Gasteiger partial charge in [0.2, 0.25) is 0 Å². The highest BCUT2D eigenvalue weighted by Crippen LogP contribution is 2.45. The number of benzene rings is 1. The molecule has 1 aliphatic rings. The van der Waals surface area contributed by atoms with Crippen LogP contribution in [0.4, 0.5) is 0 Å². The lowest BCUT2D eigenvalue weighted by molar-refractivity contribution is -0.154. The lowest BCUT2D eigenvalue weighted by atomic mass is 9.87. The standard InChI is InChI=1S/C18H17Cl2N3O4/c1-18(13(25)9-2-4-10(19)5-3-9)14(26)12(24)17(27-18)23-7-6-11-15(20)21-8-22-16(11)23/h2-8,12-14,17,24-26H,1H3/t12-,13-,14+,17-,18-/m1/s1. The van der Waals surface area contributed by atoms with Crippen molar-refractivity contribution in [2.45, 2.75) is 37.1 Å². The van der Waals surface area contributed by atoms with Crippen molar-refractivity contribution in [1.82, 2.24) is 14.5 Å². The maximum Gasteiger partial charge on any atom is 0.164 e. The number of hydrogen-bond acceptors (Lipinski definition) is 6. The molecule has 0 spiro atoms. The van der Waals surface area contributed by atoms with E-state index in [0.29, 0.717) is 21.6 Å². The molecule has 3 heterocycles. The smallest absolute Gasteiger partial charge is 0.164 e. The maximum absolute atomic E-state index is 10.8. The Morgan fingerprint density at radius 2 is 1.85 bits per heavy atom. The lowest BCUT2D eigenvalue weighted by Gasteiger charge is -2.33. The second-order valence-corrected chi connectivity index (χ2v) is 7.50. The molecule has 27 heavy (non-hydrogen) atoms. The third kappa shape index (κ3) is 2.91. The van der Waals surface area contributed by atoms with Gasteiger partial charge in [0.15, 0.2) is 6.23 Å². The number of aromatic nitrogens is 3. The van der Waals surface area contributed by atoms with E-state index in [0.717, 1.165) is 0 Å². The van der Waals surface area contributed by atoms with Gasteiger partial charge in [-0.15, -0.1) is 0 Å². The van der Waals surface area contributed by atoms with Crippen LogP contribution in [0, 0.1) is 0 Å².